The number of carbonyl (C=O) groups is 1. The first kappa shape index (κ1) is 10.6. The molecule has 5 heteroatoms. The van der Waals surface area contributed by atoms with Gasteiger partial charge in [-0.15, -0.1) is 0 Å². The third kappa shape index (κ3) is 3.10. The maximum Gasteiger partial charge on any atom is 0.241 e. The summed E-state index contributed by atoms with van der Waals surface area (Å²) in [5.41, 5.74) is 6.20. The van der Waals surface area contributed by atoms with Crippen molar-refractivity contribution in [2.24, 2.45) is 5.73 Å². The highest BCUT2D eigenvalue weighted by Gasteiger charge is 2.11. The zero-order valence-electron chi connectivity index (χ0n) is 8.10. The van der Waals surface area contributed by atoms with Crippen LogP contribution in [-0.4, -0.2) is 21.9 Å². The number of aromatic nitrogens is 2. The van der Waals surface area contributed by atoms with Crippen molar-refractivity contribution in [2.45, 2.75) is 25.8 Å². The summed E-state index contributed by atoms with van der Waals surface area (Å²) in [5, 5.41) is 2.64. The topological polar surface area (TPSA) is 80.9 Å². The first-order valence-electron chi connectivity index (χ1n) is 4.55. The molecule has 0 spiro atoms. The number of carbonyl (C=O) groups excluding carboxylic acids is 1. The first-order valence-corrected chi connectivity index (χ1v) is 4.55. The van der Waals surface area contributed by atoms with E-state index in [9.17, 15) is 4.79 Å². The van der Waals surface area contributed by atoms with Gasteiger partial charge in [-0.1, -0.05) is 13.3 Å². The second kappa shape index (κ2) is 5.29. The Kier molecular flexibility index (Phi) is 4.00. The SMILES string of the molecule is CCCC(N)C(=O)Nc1cncnc1. The van der Waals surface area contributed by atoms with E-state index in [1.807, 2.05) is 6.92 Å². The Labute approximate surface area is 82.7 Å². The van der Waals surface area contributed by atoms with E-state index in [-0.39, 0.29) is 5.91 Å². The van der Waals surface area contributed by atoms with E-state index in [1.165, 1.54) is 18.7 Å². The summed E-state index contributed by atoms with van der Waals surface area (Å²) in [6, 6.07) is -0.458. The highest BCUT2D eigenvalue weighted by molar-refractivity contribution is 5.94. The third-order valence-electron chi connectivity index (χ3n) is 1.76. The summed E-state index contributed by atoms with van der Waals surface area (Å²) < 4.78 is 0. The molecule has 1 atom stereocenters. The fourth-order valence-electron chi connectivity index (χ4n) is 1.04. The van der Waals surface area contributed by atoms with Crippen LogP contribution in [0, 0.1) is 0 Å². The van der Waals surface area contributed by atoms with Crippen LogP contribution < -0.4 is 11.1 Å². The summed E-state index contributed by atoms with van der Waals surface area (Å²) in [7, 11) is 0. The quantitative estimate of drug-likeness (QED) is 0.733. The number of rotatable bonds is 4. The molecule has 5 nitrogen and oxygen atoms in total. The van der Waals surface area contributed by atoms with Gasteiger partial charge in [-0.05, 0) is 6.42 Å². The van der Waals surface area contributed by atoms with E-state index in [1.54, 1.807) is 0 Å². The van der Waals surface area contributed by atoms with E-state index < -0.39 is 6.04 Å². The predicted molar refractivity (Wildman–Crippen MR) is 53.5 cm³/mol. The van der Waals surface area contributed by atoms with Crippen LogP contribution in [0.1, 0.15) is 19.8 Å². The fourth-order valence-corrected chi connectivity index (χ4v) is 1.04. The van der Waals surface area contributed by atoms with Crippen molar-refractivity contribution in [1.29, 1.82) is 0 Å². The van der Waals surface area contributed by atoms with Crippen molar-refractivity contribution in [3.05, 3.63) is 18.7 Å². The molecule has 1 aromatic heterocycles. The third-order valence-corrected chi connectivity index (χ3v) is 1.76. The number of amides is 1. The Balaban J connectivity index is 2.49. The van der Waals surface area contributed by atoms with Crippen molar-refractivity contribution in [1.82, 2.24) is 9.97 Å². The van der Waals surface area contributed by atoms with Crippen LogP contribution in [0.25, 0.3) is 0 Å². The molecule has 0 saturated carbocycles. The highest BCUT2D eigenvalue weighted by atomic mass is 16.2. The van der Waals surface area contributed by atoms with Crippen LogP contribution in [0.15, 0.2) is 18.7 Å². The Morgan fingerprint density at radius 3 is 2.79 bits per heavy atom. The molecule has 0 aliphatic carbocycles. The molecular weight excluding hydrogens is 180 g/mol. The first-order chi connectivity index (χ1) is 6.74. The van der Waals surface area contributed by atoms with Gasteiger partial charge >= 0.3 is 0 Å². The van der Waals surface area contributed by atoms with Crippen LogP contribution in [0.5, 0.6) is 0 Å². The smallest absolute Gasteiger partial charge is 0.241 e. The maximum atomic E-state index is 11.4. The summed E-state index contributed by atoms with van der Waals surface area (Å²) in [6.07, 6.45) is 6.04. The van der Waals surface area contributed by atoms with Crippen LogP contribution in [0.4, 0.5) is 5.69 Å². The van der Waals surface area contributed by atoms with E-state index in [0.29, 0.717) is 12.1 Å². The molecule has 0 aliphatic rings. The van der Waals surface area contributed by atoms with Crippen LogP contribution in [0.2, 0.25) is 0 Å². The summed E-state index contributed by atoms with van der Waals surface area (Å²) in [5.74, 6) is -0.193. The Bertz CT molecular complexity index is 288. The molecule has 1 aromatic rings. The molecule has 0 bridgehead atoms. The number of nitrogens with zero attached hydrogens (tertiary/aromatic N) is 2. The summed E-state index contributed by atoms with van der Waals surface area (Å²) in [4.78, 5) is 19.0. The zero-order valence-corrected chi connectivity index (χ0v) is 8.10. The minimum absolute atomic E-state index is 0.193. The van der Waals surface area contributed by atoms with Crippen molar-refractivity contribution in [3.63, 3.8) is 0 Å². The van der Waals surface area contributed by atoms with E-state index >= 15 is 0 Å². The molecule has 14 heavy (non-hydrogen) atoms. The van der Waals surface area contributed by atoms with Crippen molar-refractivity contribution >= 4 is 11.6 Å². The van der Waals surface area contributed by atoms with Crippen LogP contribution >= 0.6 is 0 Å². The largest absolute Gasteiger partial charge is 0.322 e. The van der Waals surface area contributed by atoms with Crippen LogP contribution in [0.3, 0.4) is 0 Å². The number of hydrogen-bond donors (Lipinski definition) is 2. The minimum atomic E-state index is -0.458. The number of anilines is 1. The summed E-state index contributed by atoms with van der Waals surface area (Å²) in [6.45, 7) is 1.98. The molecule has 3 N–H and O–H groups in total. The van der Waals surface area contributed by atoms with E-state index in [0.717, 1.165) is 6.42 Å². The molecule has 0 fully saturated rings. The van der Waals surface area contributed by atoms with Crippen molar-refractivity contribution in [3.8, 4) is 0 Å². The molecule has 0 radical (unpaired) electrons. The van der Waals surface area contributed by atoms with Gasteiger partial charge in [0.2, 0.25) is 5.91 Å². The second-order valence-corrected chi connectivity index (χ2v) is 3.01. The van der Waals surface area contributed by atoms with Gasteiger partial charge in [0.15, 0.2) is 0 Å². The monoisotopic (exact) mass is 194 g/mol. The van der Waals surface area contributed by atoms with Gasteiger partial charge < -0.3 is 11.1 Å². The molecule has 0 aliphatic heterocycles. The Morgan fingerprint density at radius 1 is 1.57 bits per heavy atom. The number of hydrogen-bond acceptors (Lipinski definition) is 4. The second-order valence-electron chi connectivity index (χ2n) is 3.01. The number of nitrogens with one attached hydrogen (secondary N) is 1. The van der Waals surface area contributed by atoms with Gasteiger partial charge in [-0.3, -0.25) is 4.79 Å². The molecule has 0 aromatic carbocycles. The molecule has 1 unspecified atom stereocenters. The molecule has 1 heterocycles. The Morgan fingerprint density at radius 2 is 2.21 bits per heavy atom. The van der Waals surface area contributed by atoms with Gasteiger partial charge in [0.05, 0.1) is 24.1 Å². The lowest BCUT2D eigenvalue weighted by molar-refractivity contribution is -0.117. The summed E-state index contributed by atoms with van der Waals surface area (Å²) >= 11 is 0. The average Bonchev–Trinajstić information content (AvgIpc) is 2.19. The van der Waals surface area contributed by atoms with Gasteiger partial charge in [-0.2, -0.15) is 0 Å². The lowest BCUT2D eigenvalue weighted by Crippen LogP contribution is -2.35. The van der Waals surface area contributed by atoms with E-state index in [2.05, 4.69) is 15.3 Å². The molecule has 1 amide bonds. The normalized spacial score (nSPS) is 12.1. The van der Waals surface area contributed by atoms with E-state index in [4.69, 9.17) is 5.73 Å². The predicted octanol–water partition coefficient (Wildman–Crippen LogP) is 0.542. The average molecular weight is 194 g/mol. The van der Waals surface area contributed by atoms with Gasteiger partial charge in [0.1, 0.15) is 6.33 Å². The van der Waals surface area contributed by atoms with Gasteiger partial charge in [0.25, 0.3) is 0 Å². The molecule has 1 rings (SSSR count). The lowest BCUT2D eigenvalue weighted by Gasteiger charge is -2.09. The standard InChI is InChI=1S/C9H14N4O/c1-2-3-8(10)9(14)13-7-4-11-6-12-5-7/h4-6,8H,2-3,10H2,1H3,(H,13,14). The van der Waals surface area contributed by atoms with Gasteiger partial charge in [-0.25, -0.2) is 9.97 Å². The fraction of sp³-hybridized carbons (Fsp3) is 0.444. The van der Waals surface area contributed by atoms with Crippen LogP contribution in [-0.2, 0) is 4.79 Å². The maximum absolute atomic E-state index is 11.4. The van der Waals surface area contributed by atoms with Gasteiger partial charge in [0, 0.05) is 0 Å². The number of nitrogens with two attached hydrogens (primary N) is 1. The zero-order chi connectivity index (χ0) is 10.4. The highest BCUT2D eigenvalue weighted by Crippen LogP contribution is 2.02. The molecular formula is C9H14N4O. The van der Waals surface area contributed by atoms with Crippen molar-refractivity contribution < 1.29 is 4.79 Å². The lowest BCUT2D eigenvalue weighted by atomic mass is 10.2. The minimum Gasteiger partial charge on any atom is -0.322 e. The Hall–Kier alpha value is -1.49. The molecule has 76 valence electrons. The molecule has 0 saturated heterocycles. The van der Waals surface area contributed by atoms with Crippen molar-refractivity contribution in [2.75, 3.05) is 5.32 Å².